The highest BCUT2D eigenvalue weighted by Gasteiger charge is 2.17. The molecule has 0 saturated carbocycles. The third-order valence-electron chi connectivity index (χ3n) is 2.33. The van der Waals surface area contributed by atoms with Gasteiger partial charge in [0.25, 0.3) is 0 Å². The second-order valence-corrected chi connectivity index (χ2v) is 8.24. The number of halogens is 1. The summed E-state index contributed by atoms with van der Waals surface area (Å²) in [6.07, 6.45) is 0. The Kier molecular flexibility index (Phi) is 2.93. The molecule has 0 unspecified atom stereocenters. The monoisotopic (exact) mass is 337 g/mol. The smallest absolute Gasteiger partial charge is 0.0876 e. The standard InChI is InChI=1S/C14H10IS/c1-2-7-12(8-3-1)15-14-10-11-6-4-5-9-13(11)16-14/h1-10H/q+1. The van der Waals surface area contributed by atoms with E-state index in [0.29, 0.717) is 0 Å². The summed E-state index contributed by atoms with van der Waals surface area (Å²) in [6.45, 7) is 0. The van der Waals surface area contributed by atoms with Gasteiger partial charge in [0.15, 0.2) is 3.57 Å². The van der Waals surface area contributed by atoms with Crippen molar-refractivity contribution in [1.82, 2.24) is 0 Å². The van der Waals surface area contributed by atoms with Crippen LogP contribution in [0.5, 0.6) is 0 Å². The average Bonchev–Trinajstić information content (AvgIpc) is 2.72. The molecule has 0 aliphatic carbocycles. The molecule has 0 bridgehead atoms. The lowest BCUT2D eigenvalue weighted by molar-refractivity contribution is -0.591. The number of hydrogen-bond acceptors (Lipinski definition) is 1. The van der Waals surface area contributed by atoms with Gasteiger partial charge in [0.05, 0.1) is 0 Å². The van der Waals surface area contributed by atoms with Crippen LogP contribution in [0.15, 0.2) is 60.7 Å². The van der Waals surface area contributed by atoms with Gasteiger partial charge in [0.2, 0.25) is 2.88 Å². The van der Waals surface area contributed by atoms with E-state index in [1.54, 1.807) is 2.88 Å². The van der Waals surface area contributed by atoms with E-state index in [0.717, 1.165) is 0 Å². The highest BCUT2D eigenvalue weighted by atomic mass is 127. The zero-order valence-electron chi connectivity index (χ0n) is 8.56. The van der Waals surface area contributed by atoms with Crippen molar-refractivity contribution in [2.75, 3.05) is 0 Å². The molecular formula is C14H10IS+. The maximum absolute atomic E-state index is 2.35. The molecule has 1 aromatic heterocycles. The average molecular weight is 337 g/mol. The predicted octanol–water partition coefficient (Wildman–Crippen LogP) is 1.03. The first-order chi connectivity index (χ1) is 7.92. The normalized spacial score (nSPS) is 10.8. The van der Waals surface area contributed by atoms with E-state index in [-0.39, 0.29) is 21.2 Å². The quantitative estimate of drug-likeness (QED) is 0.613. The molecule has 0 N–H and O–H groups in total. The van der Waals surface area contributed by atoms with Crippen LogP contribution in [0.2, 0.25) is 0 Å². The van der Waals surface area contributed by atoms with Gasteiger partial charge in [0.1, 0.15) is 0 Å². The summed E-state index contributed by atoms with van der Waals surface area (Å²) in [4.78, 5) is 0. The van der Waals surface area contributed by atoms with E-state index in [1.807, 2.05) is 11.3 Å². The first kappa shape index (κ1) is 10.3. The SMILES string of the molecule is c1ccc([I+]c2cc3ccccc3s2)cc1. The van der Waals surface area contributed by atoms with Gasteiger partial charge in [-0.15, -0.1) is 0 Å². The summed E-state index contributed by atoms with van der Waals surface area (Å²) in [5.41, 5.74) is 0. The molecule has 2 heteroatoms. The van der Waals surface area contributed by atoms with Crippen LogP contribution in [-0.2, 0) is 0 Å². The number of hydrogen-bond donors (Lipinski definition) is 0. The topological polar surface area (TPSA) is 0 Å². The fourth-order valence-corrected chi connectivity index (χ4v) is 5.93. The first-order valence-corrected chi connectivity index (χ1v) is 8.08. The second kappa shape index (κ2) is 4.55. The Morgan fingerprint density at radius 1 is 0.812 bits per heavy atom. The molecule has 3 rings (SSSR count). The number of fused-ring (bicyclic) bond motifs is 1. The lowest BCUT2D eigenvalue weighted by Crippen LogP contribution is -3.61. The van der Waals surface area contributed by atoms with Crippen LogP contribution in [0.1, 0.15) is 0 Å². The van der Waals surface area contributed by atoms with Gasteiger partial charge in [0, 0.05) is 10.8 Å². The Morgan fingerprint density at radius 3 is 2.38 bits per heavy atom. The van der Waals surface area contributed by atoms with Crippen LogP contribution in [0.4, 0.5) is 0 Å². The number of thiophene rings is 1. The summed E-state index contributed by atoms with van der Waals surface area (Å²) in [7, 11) is 0. The van der Waals surface area contributed by atoms with Crippen molar-refractivity contribution in [3.63, 3.8) is 0 Å². The summed E-state index contributed by atoms with van der Waals surface area (Å²) in [6, 6.07) is 21.8. The van der Waals surface area contributed by atoms with Crippen LogP contribution >= 0.6 is 11.3 Å². The van der Waals surface area contributed by atoms with Gasteiger partial charge >= 0.3 is 21.2 Å². The van der Waals surface area contributed by atoms with Crippen LogP contribution in [0.25, 0.3) is 10.1 Å². The zero-order chi connectivity index (χ0) is 10.8. The molecule has 0 fully saturated rings. The van der Waals surface area contributed by atoms with Gasteiger partial charge in [-0.05, 0) is 23.6 Å². The molecule has 0 radical (unpaired) electrons. The summed E-state index contributed by atoms with van der Waals surface area (Å²) in [5.74, 6) is 0. The Morgan fingerprint density at radius 2 is 1.56 bits per heavy atom. The van der Waals surface area contributed by atoms with Gasteiger partial charge in [-0.3, -0.25) is 0 Å². The summed E-state index contributed by atoms with van der Waals surface area (Å²) >= 11 is 1.94. The molecular weight excluding hydrogens is 327 g/mol. The molecule has 1 heterocycles. The molecule has 0 saturated heterocycles. The van der Waals surface area contributed by atoms with Crippen molar-refractivity contribution < 1.29 is 21.2 Å². The molecule has 0 nitrogen and oxygen atoms in total. The van der Waals surface area contributed by atoms with E-state index < -0.39 is 0 Å². The highest BCUT2D eigenvalue weighted by molar-refractivity contribution is 7.16. The van der Waals surface area contributed by atoms with Crippen molar-refractivity contribution in [3.05, 3.63) is 67.1 Å². The summed E-state index contributed by atoms with van der Waals surface area (Å²) in [5, 5.41) is 1.39. The fourth-order valence-electron chi connectivity index (χ4n) is 1.58. The van der Waals surface area contributed by atoms with Crippen LogP contribution in [0.3, 0.4) is 0 Å². The van der Waals surface area contributed by atoms with Crippen molar-refractivity contribution >= 4 is 21.4 Å². The van der Waals surface area contributed by atoms with E-state index >= 15 is 0 Å². The van der Waals surface area contributed by atoms with Crippen molar-refractivity contribution in [2.24, 2.45) is 0 Å². The van der Waals surface area contributed by atoms with E-state index in [1.165, 1.54) is 13.7 Å². The molecule has 0 amide bonds. The van der Waals surface area contributed by atoms with E-state index in [9.17, 15) is 0 Å². The third kappa shape index (κ3) is 2.13. The maximum Gasteiger partial charge on any atom is 0.369 e. The minimum absolute atomic E-state index is 0.000948. The van der Waals surface area contributed by atoms with Gasteiger partial charge in [-0.25, -0.2) is 0 Å². The number of benzene rings is 2. The molecule has 3 aromatic rings. The Labute approximate surface area is 109 Å². The fraction of sp³-hybridized carbons (Fsp3) is 0. The van der Waals surface area contributed by atoms with Crippen molar-refractivity contribution in [2.45, 2.75) is 0 Å². The molecule has 16 heavy (non-hydrogen) atoms. The van der Waals surface area contributed by atoms with Crippen LogP contribution < -0.4 is 21.2 Å². The minimum Gasteiger partial charge on any atom is -0.0876 e. The number of rotatable bonds is 2. The van der Waals surface area contributed by atoms with Gasteiger partial charge < -0.3 is 0 Å². The summed E-state index contributed by atoms with van der Waals surface area (Å²) < 4.78 is 4.45. The third-order valence-corrected chi connectivity index (χ3v) is 6.60. The first-order valence-electron chi connectivity index (χ1n) is 5.10. The Bertz CT molecular complexity index is 565. The molecule has 0 aliphatic heterocycles. The lowest BCUT2D eigenvalue weighted by Gasteiger charge is -1.81. The molecule has 0 spiro atoms. The van der Waals surface area contributed by atoms with Gasteiger partial charge in [-0.1, -0.05) is 47.7 Å². The molecule has 0 atom stereocenters. The van der Waals surface area contributed by atoms with Crippen molar-refractivity contribution in [1.29, 1.82) is 0 Å². The van der Waals surface area contributed by atoms with Crippen LogP contribution in [-0.4, -0.2) is 0 Å². The van der Waals surface area contributed by atoms with E-state index in [4.69, 9.17) is 0 Å². The molecule has 78 valence electrons. The predicted molar refractivity (Wildman–Crippen MR) is 65.7 cm³/mol. The Hall–Kier alpha value is -0.870. The minimum atomic E-state index is -0.000948. The maximum atomic E-state index is 2.35. The van der Waals surface area contributed by atoms with Crippen molar-refractivity contribution in [3.8, 4) is 0 Å². The van der Waals surface area contributed by atoms with E-state index in [2.05, 4.69) is 60.7 Å². The zero-order valence-corrected chi connectivity index (χ0v) is 11.5. The van der Waals surface area contributed by atoms with Crippen LogP contribution in [0, 0.1) is 6.45 Å². The highest BCUT2D eigenvalue weighted by Crippen LogP contribution is 2.19. The second-order valence-electron chi connectivity index (χ2n) is 3.48. The molecule has 2 aromatic carbocycles. The van der Waals surface area contributed by atoms with Gasteiger partial charge in [-0.2, -0.15) is 0 Å². The largest absolute Gasteiger partial charge is 0.369 e. The molecule has 0 aliphatic rings. The lowest BCUT2D eigenvalue weighted by atomic mass is 10.3. The Balaban J connectivity index is 1.95.